The molecule has 8 nitrogen and oxygen atoms in total. The average molecular weight is 488 g/mol. The summed E-state index contributed by atoms with van der Waals surface area (Å²) in [4.78, 5) is 25.7. The molecule has 1 heterocycles. The molecule has 2 aromatic carbocycles. The molecule has 2 atom stereocenters. The van der Waals surface area contributed by atoms with Crippen LogP contribution in [0.25, 0.3) is 10.4 Å². The number of anilines is 2. The molecule has 0 aliphatic carbocycles. The van der Waals surface area contributed by atoms with Crippen molar-refractivity contribution < 1.29 is 23.4 Å². The number of nitrogens with one attached hydrogen (secondary N) is 2. The van der Waals surface area contributed by atoms with Gasteiger partial charge in [0.15, 0.2) is 8.03 Å². The Morgan fingerprint density at radius 1 is 1.15 bits per heavy atom. The second-order valence-corrected chi connectivity index (χ2v) is 9.30. The summed E-state index contributed by atoms with van der Waals surface area (Å²) in [5.74, 6) is -0.290. The second kappa shape index (κ2) is 11.7. The highest BCUT2D eigenvalue weighted by atomic mass is 32.1. The number of ether oxygens (including phenoxy) is 1. The van der Waals surface area contributed by atoms with Crippen molar-refractivity contribution in [2.24, 2.45) is 0 Å². The number of hydrogen-bond acceptors (Lipinski definition) is 7. The van der Waals surface area contributed by atoms with Crippen LogP contribution in [0.1, 0.15) is 29.3 Å². The van der Waals surface area contributed by atoms with Crippen LogP contribution < -0.4 is 16.4 Å². The summed E-state index contributed by atoms with van der Waals surface area (Å²) in [5, 5.41) is 7.45. The predicted molar refractivity (Wildman–Crippen MR) is 132 cm³/mol. The average Bonchev–Trinajstić information content (AvgIpc) is 3.33. The van der Waals surface area contributed by atoms with Gasteiger partial charge in [-0.2, -0.15) is 0 Å². The highest BCUT2D eigenvalue weighted by Crippen LogP contribution is 2.30. The van der Waals surface area contributed by atoms with Gasteiger partial charge in [0.25, 0.3) is 5.91 Å². The highest BCUT2D eigenvalue weighted by molar-refractivity contribution is 7.38. The van der Waals surface area contributed by atoms with Gasteiger partial charge in [0.05, 0.1) is 11.4 Å². The number of hydrogen-bond donors (Lipinski definition) is 3. The van der Waals surface area contributed by atoms with Crippen LogP contribution in [0.3, 0.4) is 0 Å². The SMILES string of the molecule is CCC(OC(=O)NCc1ccc(C(=O)Nc2cc(-c3cccs3)ccc2N)cc1)O[PH](C)=O. The van der Waals surface area contributed by atoms with Gasteiger partial charge < -0.3 is 21.1 Å². The molecule has 4 N–H and O–H groups in total. The van der Waals surface area contributed by atoms with E-state index in [9.17, 15) is 14.2 Å². The Labute approximate surface area is 197 Å². The zero-order valence-electron chi connectivity index (χ0n) is 18.3. The van der Waals surface area contributed by atoms with Crippen LogP contribution in [0.5, 0.6) is 0 Å². The Morgan fingerprint density at radius 2 is 1.91 bits per heavy atom. The zero-order chi connectivity index (χ0) is 23.8. The maximum Gasteiger partial charge on any atom is 0.409 e. The van der Waals surface area contributed by atoms with Gasteiger partial charge in [-0.15, -0.1) is 11.3 Å². The van der Waals surface area contributed by atoms with Crippen molar-refractivity contribution in [3.05, 3.63) is 71.1 Å². The molecule has 0 fully saturated rings. The molecule has 1 aromatic heterocycles. The third-order valence-electron chi connectivity index (χ3n) is 4.63. The summed E-state index contributed by atoms with van der Waals surface area (Å²) < 4.78 is 21.3. The molecule has 3 rings (SSSR count). The summed E-state index contributed by atoms with van der Waals surface area (Å²) in [6, 6.07) is 16.3. The van der Waals surface area contributed by atoms with Crippen molar-refractivity contribution in [3.63, 3.8) is 0 Å². The molecule has 0 bridgehead atoms. The lowest BCUT2D eigenvalue weighted by Gasteiger charge is -2.15. The Bertz CT molecular complexity index is 1120. The highest BCUT2D eigenvalue weighted by Gasteiger charge is 2.14. The summed E-state index contributed by atoms with van der Waals surface area (Å²) in [6.07, 6.45) is -1.13. The summed E-state index contributed by atoms with van der Waals surface area (Å²) >= 11 is 1.61. The molecule has 3 aromatic rings. The van der Waals surface area contributed by atoms with Crippen molar-refractivity contribution in [2.75, 3.05) is 17.7 Å². The molecule has 0 saturated heterocycles. The van der Waals surface area contributed by atoms with Gasteiger partial charge in [-0.1, -0.05) is 31.2 Å². The van der Waals surface area contributed by atoms with Crippen LogP contribution in [0.4, 0.5) is 16.2 Å². The number of benzene rings is 2. The van der Waals surface area contributed by atoms with Gasteiger partial charge in [-0.05, 0) is 46.8 Å². The molecule has 0 spiro atoms. The van der Waals surface area contributed by atoms with Crippen molar-refractivity contribution in [3.8, 4) is 10.4 Å². The lowest BCUT2D eigenvalue weighted by atomic mass is 10.1. The second-order valence-electron chi connectivity index (χ2n) is 7.14. The Morgan fingerprint density at radius 3 is 2.55 bits per heavy atom. The van der Waals surface area contributed by atoms with Gasteiger partial charge >= 0.3 is 6.09 Å². The fraction of sp³-hybridized carbons (Fsp3) is 0.217. The molecular weight excluding hydrogens is 461 g/mol. The predicted octanol–water partition coefficient (Wildman–Crippen LogP) is 5.33. The standard InChI is InChI=1S/C23H26N3O5PS/c1-3-21(31-32(2)29)30-23(28)25-14-15-6-8-16(9-7-15)22(27)26-19-13-17(10-11-18(19)24)20-5-4-12-33-20/h4-13,21,32H,3,14,24H2,1-2H3,(H,25,28)(H,26,27). The first kappa shape index (κ1) is 24.5. The molecule has 0 aliphatic heterocycles. The van der Waals surface area contributed by atoms with Crippen LogP contribution in [0, 0.1) is 0 Å². The number of amides is 2. The first-order chi connectivity index (χ1) is 15.9. The number of nitrogens with two attached hydrogens (primary N) is 1. The molecule has 174 valence electrons. The summed E-state index contributed by atoms with van der Waals surface area (Å²) in [7, 11) is -2.21. The number of carbonyl (C=O) groups excluding carboxylic acids is 2. The smallest absolute Gasteiger partial charge is 0.409 e. The number of alkyl carbamates (subject to hydrolysis) is 1. The lowest BCUT2D eigenvalue weighted by Crippen LogP contribution is -2.28. The number of rotatable bonds is 9. The van der Waals surface area contributed by atoms with Gasteiger partial charge in [0, 0.05) is 30.1 Å². The van der Waals surface area contributed by atoms with E-state index in [4.69, 9.17) is 15.0 Å². The summed E-state index contributed by atoms with van der Waals surface area (Å²) in [5.41, 5.74) is 9.27. The topological polar surface area (TPSA) is 120 Å². The van der Waals surface area contributed by atoms with Crippen LogP contribution in [-0.4, -0.2) is 25.0 Å². The van der Waals surface area contributed by atoms with E-state index in [2.05, 4.69) is 10.6 Å². The molecular formula is C23H26N3O5PS. The number of thiophene rings is 1. The van der Waals surface area contributed by atoms with Gasteiger partial charge in [-0.3, -0.25) is 13.9 Å². The van der Waals surface area contributed by atoms with Crippen molar-refractivity contribution in [2.45, 2.75) is 26.2 Å². The Kier molecular flexibility index (Phi) is 8.65. The monoisotopic (exact) mass is 487 g/mol. The third kappa shape index (κ3) is 7.18. The fourth-order valence-corrected chi connectivity index (χ4v) is 4.25. The fourth-order valence-electron chi connectivity index (χ4n) is 2.94. The van der Waals surface area contributed by atoms with E-state index in [-0.39, 0.29) is 12.5 Å². The van der Waals surface area contributed by atoms with Crippen molar-refractivity contribution in [1.29, 1.82) is 0 Å². The third-order valence-corrected chi connectivity index (χ3v) is 6.14. The van der Waals surface area contributed by atoms with E-state index in [0.717, 1.165) is 16.0 Å². The molecule has 2 amide bonds. The summed E-state index contributed by atoms with van der Waals surface area (Å²) in [6.45, 7) is 3.40. The molecule has 0 aliphatic rings. The zero-order valence-corrected chi connectivity index (χ0v) is 20.1. The quantitative estimate of drug-likeness (QED) is 0.213. The van der Waals surface area contributed by atoms with Gasteiger partial charge in [-0.25, -0.2) is 4.79 Å². The van der Waals surface area contributed by atoms with E-state index < -0.39 is 20.4 Å². The van der Waals surface area contributed by atoms with E-state index in [1.165, 1.54) is 6.66 Å². The van der Waals surface area contributed by atoms with E-state index in [1.807, 2.05) is 29.6 Å². The van der Waals surface area contributed by atoms with E-state index in [1.54, 1.807) is 48.6 Å². The van der Waals surface area contributed by atoms with Gasteiger partial charge in [0.1, 0.15) is 0 Å². The van der Waals surface area contributed by atoms with E-state index in [0.29, 0.717) is 23.4 Å². The molecule has 0 saturated carbocycles. The maximum absolute atomic E-state index is 12.7. The molecule has 2 unspecified atom stereocenters. The van der Waals surface area contributed by atoms with Crippen LogP contribution in [-0.2, 0) is 20.4 Å². The molecule has 10 heteroatoms. The molecule has 33 heavy (non-hydrogen) atoms. The minimum absolute atomic E-state index is 0.203. The van der Waals surface area contributed by atoms with Crippen molar-refractivity contribution >= 4 is 42.7 Å². The molecule has 0 radical (unpaired) electrons. The van der Waals surface area contributed by atoms with Crippen LogP contribution in [0.15, 0.2) is 60.0 Å². The number of carbonyl (C=O) groups is 2. The first-order valence-electron chi connectivity index (χ1n) is 10.3. The lowest BCUT2D eigenvalue weighted by molar-refractivity contribution is -0.0284. The maximum atomic E-state index is 12.7. The number of nitrogen functional groups attached to an aromatic ring is 1. The first-order valence-corrected chi connectivity index (χ1v) is 13.0. The van der Waals surface area contributed by atoms with Crippen LogP contribution in [0.2, 0.25) is 0 Å². The minimum atomic E-state index is -2.21. The normalized spacial score (nSPS) is 12.5. The van der Waals surface area contributed by atoms with Crippen molar-refractivity contribution in [1.82, 2.24) is 5.32 Å². The minimum Gasteiger partial charge on any atom is -0.419 e. The largest absolute Gasteiger partial charge is 0.419 e. The Hall–Kier alpha value is -3.13. The Balaban J connectivity index is 1.57. The van der Waals surface area contributed by atoms with E-state index >= 15 is 0 Å². The van der Waals surface area contributed by atoms with Crippen LogP contribution >= 0.6 is 19.4 Å². The van der Waals surface area contributed by atoms with Gasteiger partial charge in [0.2, 0.25) is 6.29 Å².